The van der Waals surface area contributed by atoms with E-state index in [-0.39, 0.29) is 6.10 Å². The molecule has 0 fully saturated rings. The second kappa shape index (κ2) is 11.5. The summed E-state index contributed by atoms with van der Waals surface area (Å²) in [7, 11) is 1.66. The number of rotatable bonds is 12. The lowest BCUT2D eigenvalue weighted by Gasteiger charge is -2.33. The van der Waals surface area contributed by atoms with E-state index in [4.69, 9.17) is 9.47 Å². The van der Waals surface area contributed by atoms with Crippen molar-refractivity contribution in [1.82, 2.24) is 4.90 Å². The molecule has 0 bridgehead atoms. The molecule has 4 heteroatoms. The number of methoxy groups -OCH3 is 1. The summed E-state index contributed by atoms with van der Waals surface area (Å²) in [6.45, 7) is 13.5. The van der Waals surface area contributed by atoms with Crippen LogP contribution in [0, 0.1) is 5.92 Å². The fourth-order valence-electron chi connectivity index (χ4n) is 2.53. The van der Waals surface area contributed by atoms with Crippen LogP contribution in [0.1, 0.15) is 47.5 Å². The molecule has 0 rings (SSSR count). The van der Waals surface area contributed by atoms with Crippen molar-refractivity contribution in [1.29, 1.82) is 0 Å². The normalized spacial score (nSPS) is 15.3. The Morgan fingerprint density at radius 1 is 1.00 bits per heavy atom. The van der Waals surface area contributed by atoms with Crippen molar-refractivity contribution in [3.05, 3.63) is 0 Å². The number of aliphatic hydroxyl groups excluding tert-OH is 1. The van der Waals surface area contributed by atoms with Crippen LogP contribution >= 0.6 is 0 Å². The first kappa shape index (κ1) is 19.8. The Balaban J connectivity index is 4.26. The van der Waals surface area contributed by atoms with Gasteiger partial charge in [0.1, 0.15) is 0 Å². The molecule has 122 valence electrons. The third-order valence-corrected chi connectivity index (χ3v) is 3.48. The monoisotopic (exact) mass is 289 g/mol. The van der Waals surface area contributed by atoms with E-state index < -0.39 is 6.10 Å². The summed E-state index contributed by atoms with van der Waals surface area (Å²) in [5, 5.41) is 10.2. The molecule has 4 nitrogen and oxygen atoms in total. The Bertz CT molecular complexity index is 220. The van der Waals surface area contributed by atoms with Gasteiger partial charge in [-0.2, -0.15) is 0 Å². The molecule has 0 heterocycles. The third-order valence-electron chi connectivity index (χ3n) is 3.48. The molecule has 0 saturated heterocycles. The van der Waals surface area contributed by atoms with Gasteiger partial charge in [0, 0.05) is 26.2 Å². The summed E-state index contributed by atoms with van der Waals surface area (Å²) in [5.74, 6) is 0.608. The van der Waals surface area contributed by atoms with Gasteiger partial charge in [-0.05, 0) is 25.7 Å². The zero-order valence-corrected chi connectivity index (χ0v) is 14.3. The van der Waals surface area contributed by atoms with E-state index in [0.29, 0.717) is 31.7 Å². The van der Waals surface area contributed by atoms with Crippen molar-refractivity contribution in [3.8, 4) is 0 Å². The Kier molecular flexibility index (Phi) is 11.4. The molecule has 0 radical (unpaired) electrons. The molecule has 0 aromatic rings. The number of hydrogen-bond acceptors (Lipinski definition) is 4. The average molecular weight is 289 g/mol. The lowest BCUT2D eigenvalue weighted by atomic mass is 10.1. The molecule has 0 aromatic heterocycles. The summed E-state index contributed by atoms with van der Waals surface area (Å²) in [4.78, 5) is 2.40. The Hall–Kier alpha value is -0.160. The predicted molar refractivity (Wildman–Crippen MR) is 84.1 cm³/mol. The van der Waals surface area contributed by atoms with Crippen LogP contribution in [-0.2, 0) is 9.47 Å². The van der Waals surface area contributed by atoms with Crippen LogP contribution in [0.2, 0.25) is 0 Å². The van der Waals surface area contributed by atoms with Crippen LogP contribution in [0.4, 0.5) is 0 Å². The van der Waals surface area contributed by atoms with Crippen LogP contribution < -0.4 is 0 Å². The SMILES string of the molecule is CCC(CC)N(CC(C)C)CC(O)COC(C)COC. The summed E-state index contributed by atoms with van der Waals surface area (Å²) in [5.41, 5.74) is 0. The minimum atomic E-state index is -0.436. The second-order valence-electron chi connectivity index (χ2n) is 6.07. The molecule has 0 aliphatic heterocycles. The highest BCUT2D eigenvalue weighted by Crippen LogP contribution is 2.12. The molecule has 0 aliphatic rings. The Labute approximate surface area is 125 Å². The minimum Gasteiger partial charge on any atom is -0.389 e. The lowest BCUT2D eigenvalue weighted by molar-refractivity contribution is -0.0441. The number of nitrogens with zero attached hydrogens (tertiary/aromatic N) is 1. The van der Waals surface area contributed by atoms with Crippen molar-refractivity contribution in [2.75, 3.05) is 33.4 Å². The quantitative estimate of drug-likeness (QED) is 0.599. The topological polar surface area (TPSA) is 41.9 Å². The predicted octanol–water partition coefficient (Wildman–Crippen LogP) is 2.55. The van der Waals surface area contributed by atoms with Gasteiger partial charge < -0.3 is 14.6 Å². The van der Waals surface area contributed by atoms with Crippen molar-refractivity contribution >= 4 is 0 Å². The van der Waals surface area contributed by atoms with Crippen LogP contribution in [-0.4, -0.2) is 61.7 Å². The van der Waals surface area contributed by atoms with Crippen LogP contribution in [0.15, 0.2) is 0 Å². The largest absolute Gasteiger partial charge is 0.389 e. The van der Waals surface area contributed by atoms with Gasteiger partial charge in [-0.25, -0.2) is 0 Å². The van der Waals surface area contributed by atoms with Gasteiger partial charge in [-0.3, -0.25) is 4.90 Å². The third kappa shape index (κ3) is 8.90. The van der Waals surface area contributed by atoms with Gasteiger partial charge in [0.15, 0.2) is 0 Å². The van der Waals surface area contributed by atoms with Gasteiger partial charge in [-0.15, -0.1) is 0 Å². The van der Waals surface area contributed by atoms with E-state index in [9.17, 15) is 5.11 Å². The van der Waals surface area contributed by atoms with E-state index in [1.54, 1.807) is 7.11 Å². The highest BCUT2D eigenvalue weighted by atomic mass is 16.5. The zero-order valence-electron chi connectivity index (χ0n) is 14.3. The lowest BCUT2D eigenvalue weighted by Crippen LogP contribution is -2.43. The molecule has 2 unspecified atom stereocenters. The first-order valence-electron chi connectivity index (χ1n) is 7.97. The summed E-state index contributed by atoms with van der Waals surface area (Å²) in [6, 6.07) is 0.545. The van der Waals surface area contributed by atoms with Gasteiger partial charge in [0.05, 0.1) is 25.4 Å². The van der Waals surface area contributed by atoms with Gasteiger partial charge >= 0.3 is 0 Å². The van der Waals surface area contributed by atoms with E-state index in [0.717, 1.165) is 19.4 Å². The van der Waals surface area contributed by atoms with E-state index in [1.165, 1.54) is 0 Å². The highest BCUT2D eigenvalue weighted by molar-refractivity contribution is 4.74. The highest BCUT2D eigenvalue weighted by Gasteiger charge is 2.20. The molecule has 2 atom stereocenters. The summed E-state index contributed by atoms with van der Waals surface area (Å²) in [6.07, 6.45) is 1.84. The molecule has 0 aliphatic carbocycles. The van der Waals surface area contributed by atoms with E-state index >= 15 is 0 Å². The molecule has 1 N–H and O–H groups in total. The van der Waals surface area contributed by atoms with Crippen molar-refractivity contribution in [3.63, 3.8) is 0 Å². The molecule has 0 spiro atoms. The van der Waals surface area contributed by atoms with E-state index in [1.807, 2.05) is 6.92 Å². The van der Waals surface area contributed by atoms with Crippen molar-refractivity contribution in [2.24, 2.45) is 5.92 Å². The number of ether oxygens (including phenoxy) is 2. The van der Waals surface area contributed by atoms with E-state index in [2.05, 4.69) is 32.6 Å². The Morgan fingerprint density at radius 2 is 1.60 bits per heavy atom. The Morgan fingerprint density at radius 3 is 2.05 bits per heavy atom. The van der Waals surface area contributed by atoms with Crippen molar-refractivity contribution in [2.45, 2.75) is 65.7 Å². The number of hydrogen-bond donors (Lipinski definition) is 1. The molecule has 0 saturated carbocycles. The molecule has 0 amide bonds. The first-order chi connectivity index (χ1) is 9.44. The standard InChI is InChI=1S/C16H35NO3/c1-7-15(8-2)17(9-13(3)4)10-16(18)12-20-14(5)11-19-6/h13-16,18H,7-12H2,1-6H3. The maximum absolute atomic E-state index is 10.2. The van der Waals surface area contributed by atoms with Crippen LogP contribution in [0.5, 0.6) is 0 Å². The molecular weight excluding hydrogens is 254 g/mol. The van der Waals surface area contributed by atoms with Crippen LogP contribution in [0.25, 0.3) is 0 Å². The van der Waals surface area contributed by atoms with Gasteiger partial charge in [0.2, 0.25) is 0 Å². The maximum Gasteiger partial charge on any atom is 0.0900 e. The smallest absolute Gasteiger partial charge is 0.0900 e. The minimum absolute atomic E-state index is 0.0290. The fraction of sp³-hybridized carbons (Fsp3) is 1.00. The van der Waals surface area contributed by atoms with Crippen LogP contribution in [0.3, 0.4) is 0 Å². The van der Waals surface area contributed by atoms with Gasteiger partial charge in [0.25, 0.3) is 0 Å². The van der Waals surface area contributed by atoms with Gasteiger partial charge in [-0.1, -0.05) is 27.7 Å². The molecule has 20 heavy (non-hydrogen) atoms. The fourth-order valence-corrected chi connectivity index (χ4v) is 2.53. The molecular formula is C16H35NO3. The maximum atomic E-state index is 10.2. The first-order valence-corrected chi connectivity index (χ1v) is 7.97. The second-order valence-corrected chi connectivity index (χ2v) is 6.07. The summed E-state index contributed by atoms with van der Waals surface area (Å²) < 4.78 is 10.6. The zero-order chi connectivity index (χ0) is 15.5. The summed E-state index contributed by atoms with van der Waals surface area (Å²) >= 11 is 0. The average Bonchev–Trinajstić information content (AvgIpc) is 2.37. The molecule has 0 aromatic carbocycles. The van der Waals surface area contributed by atoms with Crippen molar-refractivity contribution < 1.29 is 14.6 Å². The number of aliphatic hydroxyl groups is 1.